The first-order valence-electron chi connectivity index (χ1n) is 6.72. The molecule has 2 unspecified atom stereocenters. The van der Waals surface area contributed by atoms with Crippen molar-refractivity contribution in [2.75, 3.05) is 5.32 Å². The molecule has 1 aromatic rings. The first-order valence-corrected chi connectivity index (χ1v) is 6.72. The molecular formula is C15H23ClN2O. The van der Waals surface area contributed by atoms with Gasteiger partial charge in [0.1, 0.15) is 0 Å². The first-order chi connectivity index (χ1) is 8.56. The molecule has 1 fully saturated rings. The van der Waals surface area contributed by atoms with Crippen LogP contribution in [0.1, 0.15) is 44.6 Å². The van der Waals surface area contributed by atoms with Crippen molar-refractivity contribution >= 4 is 24.0 Å². The third kappa shape index (κ3) is 4.22. The van der Waals surface area contributed by atoms with E-state index in [1.165, 1.54) is 5.56 Å². The van der Waals surface area contributed by atoms with Gasteiger partial charge in [-0.05, 0) is 42.9 Å². The Hall–Kier alpha value is -1.06. The average Bonchev–Trinajstić information content (AvgIpc) is 2.76. The molecule has 106 valence electrons. The minimum atomic E-state index is 0. The smallest absolute Gasteiger partial charge is 0.227 e. The van der Waals surface area contributed by atoms with Crippen LogP contribution in [0, 0.1) is 5.92 Å². The second kappa shape index (κ2) is 6.92. The van der Waals surface area contributed by atoms with E-state index in [0.717, 1.165) is 24.9 Å². The molecule has 0 spiro atoms. The van der Waals surface area contributed by atoms with Gasteiger partial charge in [-0.15, -0.1) is 12.4 Å². The summed E-state index contributed by atoms with van der Waals surface area (Å²) in [6.07, 6.45) is 2.69. The summed E-state index contributed by atoms with van der Waals surface area (Å²) in [5.41, 5.74) is 7.98. The molecule has 1 aromatic carbocycles. The van der Waals surface area contributed by atoms with Crippen molar-refractivity contribution in [1.29, 1.82) is 0 Å². The van der Waals surface area contributed by atoms with Gasteiger partial charge in [-0.1, -0.05) is 26.0 Å². The molecule has 0 aromatic heterocycles. The largest absolute Gasteiger partial charge is 0.328 e. The van der Waals surface area contributed by atoms with Gasteiger partial charge in [0.2, 0.25) is 5.91 Å². The first kappa shape index (κ1) is 16.0. The summed E-state index contributed by atoms with van der Waals surface area (Å²) < 4.78 is 0. The number of benzene rings is 1. The zero-order chi connectivity index (χ0) is 13.1. The fourth-order valence-electron chi connectivity index (χ4n) is 2.47. The summed E-state index contributed by atoms with van der Waals surface area (Å²) in [6, 6.07) is 8.27. The van der Waals surface area contributed by atoms with E-state index in [1.807, 2.05) is 12.1 Å². The lowest BCUT2D eigenvalue weighted by atomic mass is 10.0. The number of amides is 1. The number of nitrogens with one attached hydrogen (secondary N) is 1. The van der Waals surface area contributed by atoms with Crippen LogP contribution >= 0.6 is 12.4 Å². The fourth-order valence-corrected chi connectivity index (χ4v) is 2.47. The molecule has 0 aliphatic heterocycles. The van der Waals surface area contributed by atoms with E-state index < -0.39 is 0 Å². The normalized spacial score (nSPS) is 22.1. The molecule has 1 aliphatic carbocycles. The third-order valence-electron chi connectivity index (χ3n) is 3.66. The number of carbonyl (C=O) groups is 1. The number of carbonyl (C=O) groups excluding carboxylic acids is 1. The number of halogens is 1. The van der Waals surface area contributed by atoms with Gasteiger partial charge in [0.15, 0.2) is 0 Å². The van der Waals surface area contributed by atoms with Crippen molar-refractivity contribution < 1.29 is 4.79 Å². The number of hydrogen-bond acceptors (Lipinski definition) is 2. The zero-order valence-corrected chi connectivity index (χ0v) is 12.4. The predicted molar refractivity (Wildman–Crippen MR) is 81.7 cm³/mol. The highest BCUT2D eigenvalue weighted by atomic mass is 35.5. The fraction of sp³-hybridized carbons (Fsp3) is 0.533. The second-order valence-electron chi connectivity index (χ2n) is 5.54. The van der Waals surface area contributed by atoms with Gasteiger partial charge in [-0.25, -0.2) is 0 Å². The van der Waals surface area contributed by atoms with E-state index in [1.54, 1.807) is 0 Å². The molecule has 3 N–H and O–H groups in total. The van der Waals surface area contributed by atoms with E-state index in [9.17, 15) is 4.79 Å². The topological polar surface area (TPSA) is 55.1 Å². The van der Waals surface area contributed by atoms with Crippen molar-refractivity contribution in [3.05, 3.63) is 29.8 Å². The van der Waals surface area contributed by atoms with E-state index in [-0.39, 0.29) is 30.3 Å². The maximum Gasteiger partial charge on any atom is 0.227 e. The maximum atomic E-state index is 12.1. The molecule has 0 radical (unpaired) electrons. The molecule has 2 rings (SSSR count). The Kier molecular flexibility index (Phi) is 5.83. The molecule has 0 heterocycles. The van der Waals surface area contributed by atoms with Crippen molar-refractivity contribution in [1.82, 2.24) is 0 Å². The van der Waals surface area contributed by atoms with Gasteiger partial charge in [-0.2, -0.15) is 0 Å². The molecule has 1 amide bonds. The minimum absolute atomic E-state index is 0. The van der Waals surface area contributed by atoms with Crippen LogP contribution in [-0.2, 0) is 4.79 Å². The summed E-state index contributed by atoms with van der Waals surface area (Å²) >= 11 is 0. The maximum absolute atomic E-state index is 12.1. The molecule has 19 heavy (non-hydrogen) atoms. The van der Waals surface area contributed by atoms with E-state index in [2.05, 4.69) is 31.3 Å². The summed E-state index contributed by atoms with van der Waals surface area (Å²) in [6.45, 7) is 4.30. The zero-order valence-electron chi connectivity index (χ0n) is 11.6. The summed E-state index contributed by atoms with van der Waals surface area (Å²) in [5, 5.41) is 3.01. The predicted octanol–water partition coefficient (Wildman–Crippen LogP) is 3.30. The Morgan fingerprint density at radius 3 is 2.68 bits per heavy atom. The molecule has 1 saturated carbocycles. The molecule has 0 saturated heterocycles. The van der Waals surface area contributed by atoms with Crippen LogP contribution in [0.5, 0.6) is 0 Å². The SMILES string of the molecule is CC(C)c1cccc(NC(=O)C2CCC(N)C2)c1.Cl. The molecule has 3 nitrogen and oxygen atoms in total. The average molecular weight is 283 g/mol. The van der Waals surface area contributed by atoms with Crippen molar-refractivity contribution in [2.45, 2.75) is 45.1 Å². The Morgan fingerprint density at radius 2 is 2.11 bits per heavy atom. The summed E-state index contributed by atoms with van der Waals surface area (Å²) in [7, 11) is 0. The lowest BCUT2D eigenvalue weighted by molar-refractivity contribution is -0.119. The van der Waals surface area contributed by atoms with Gasteiger partial charge in [0, 0.05) is 17.6 Å². The van der Waals surface area contributed by atoms with Crippen LogP contribution < -0.4 is 11.1 Å². The molecule has 1 aliphatic rings. The highest BCUT2D eigenvalue weighted by Crippen LogP contribution is 2.26. The van der Waals surface area contributed by atoms with Gasteiger partial charge >= 0.3 is 0 Å². The molecule has 4 heteroatoms. The number of anilines is 1. The Balaban J connectivity index is 0.00000180. The van der Waals surface area contributed by atoms with Crippen molar-refractivity contribution in [3.8, 4) is 0 Å². The highest BCUT2D eigenvalue weighted by Gasteiger charge is 2.27. The summed E-state index contributed by atoms with van der Waals surface area (Å²) in [5.74, 6) is 0.674. The summed E-state index contributed by atoms with van der Waals surface area (Å²) in [4.78, 5) is 12.1. The lowest BCUT2D eigenvalue weighted by Crippen LogP contribution is -2.23. The number of rotatable bonds is 3. The standard InChI is InChI=1S/C15H22N2O.ClH/c1-10(2)11-4-3-5-14(9-11)17-15(18)12-6-7-13(16)8-12;/h3-5,9-10,12-13H,6-8,16H2,1-2H3,(H,17,18);1H. The lowest BCUT2D eigenvalue weighted by Gasteiger charge is -2.12. The number of hydrogen-bond donors (Lipinski definition) is 2. The van der Waals surface area contributed by atoms with Crippen molar-refractivity contribution in [2.24, 2.45) is 11.7 Å². The monoisotopic (exact) mass is 282 g/mol. The Morgan fingerprint density at radius 1 is 1.37 bits per heavy atom. The van der Waals surface area contributed by atoms with Crippen LogP contribution in [0.15, 0.2) is 24.3 Å². The quantitative estimate of drug-likeness (QED) is 0.894. The highest BCUT2D eigenvalue weighted by molar-refractivity contribution is 5.92. The van der Waals surface area contributed by atoms with E-state index in [0.29, 0.717) is 5.92 Å². The second-order valence-corrected chi connectivity index (χ2v) is 5.54. The van der Waals surface area contributed by atoms with Crippen LogP contribution in [0.4, 0.5) is 5.69 Å². The van der Waals surface area contributed by atoms with Gasteiger partial charge in [-0.3, -0.25) is 4.79 Å². The Bertz CT molecular complexity index is 434. The van der Waals surface area contributed by atoms with Crippen LogP contribution in [0.25, 0.3) is 0 Å². The Labute approximate surface area is 121 Å². The third-order valence-corrected chi connectivity index (χ3v) is 3.66. The van der Waals surface area contributed by atoms with Gasteiger partial charge in [0.05, 0.1) is 0 Å². The van der Waals surface area contributed by atoms with Crippen molar-refractivity contribution in [3.63, 3.8) is 0 Å². The van der Waals surface area contributed by atoms with Crippen LogP contribution in [-0.4, -0.2) is 11.9 Å². The van der Waals surface area contributed by atoms with Gasteiger partial charge < -0.3 is 11.1 Å². The molecule has 0 bridgehead atoms. The van der Waals surface area contributed by atoms with Crippen LogP contribution in [0.2, 0.25) is 0 Å². The molecule has 2 atom stereocenters. The number of nitrogens with two attached hydrogens (primary N) is 1. The molecular weight excluding hydrogens is 260 g/mol. The van der Waals surface area contributed by atoms with Gasteiger partial charge in [0.25, 0.3) is 0 Å². The minimum Gasteiger partial charge on any atom is -0.328 e. The van der Waals surface area contributed by atoms with E-state index >= 15 is 0 Å². The van der Waals surface area contributed by atoms with E-state index in [4.69, 9.17) is 5.73 Å². The van der Waals surface area contributed by atoms with Crippen LogP contribution in [0.3, 0.4) is 0 Å².